The molecule has 1 atom stereocenters. The molecular weight excluding hydrogens is 88.1 g/mol. The Hall–Kier alpha value is -0.300. The minimum Gasteiger partial charge on any atom is -0.378 e. The van der Waals surface area contributed by atoms with E-state index in [1.54, 1.807) is 7.11 Å². The summed E-state index contributed by atoms with van der Waals surface area (Å²) in [5.41, 5.74) is 0. The smallest absolute Gasteiger partial charge is 0.0723 e. The second kappa shape index (κ2) is 3.88. The molecule has 0 N–H and O–H groups in total. The molecule has 1 heteroatoms. The summed E-state index contributed by atoms with van der Waals surface area (Å²) < 4.78 is 4.90. The zero-order valence-electron chi connectivity index (χ0n) is 5.14. The Kier molecular flexibility index (Phi) is 3.71. The first-order valence-corrected chi connectivity index (χ1v) is 2.47. The maximum Gasteiger partial charge on any atom is 0.0723 e. The fraction of sp³-hybridized carbons (Fsp3) is 0.667. The van der Waals surface area contributed by atoms with Gasteiger partial charge in [0.15, 0.2) is 0 Å². The fourth-order valence-corrected chi connectivity index (χ4v) is 0.350. The summed E-state index contributed by atoms with van der Waals surface area (Å²) in [7, 11) is 1.70. The summed E-state index contributed by atoms with van der Waals surface area (Å²) in [6.07, 6.45) is 4.25. The van der Waals surface area contributed by atoms with E-state index < -0.39 is 0 Å². The molecule has 0 aromatic carbocycles. The number of allylic oxidation sites excluding steroid dienone is 1. The first-order valence-electron chi connectivity index (χ1n) is 2.47. The molecule has 42 valence electrons. The standard InChI is InChI=1S/C6H12O/c1-4-5-6(2)7-3/h4-6H,1-3H3/b5-4+. The molecule has 0 rings (SSSR count). The summed E-state index contributed by atoms with van der Waals surface area (Å²) in [6, 6.07) is 0. The molecule has 0 aliphatic carbocycles. The van der Waals surface area contributed by atoms with Crippen molar-refractivity contribution in [3.63, 3.8) is 0 Å². The lowest BCUT2D eigenvalue weighted by atomic mass is 10.4. The van der Waals surface area contributed by atoms with Crippen molar-refractivity contribution in [3.05, 3.63) is 12.2 Å². The molecule has 0 saturated carbocycles. The predicted octanol–water partition coefficient (Wildman–Crippen LogP) is 1.60. The molecule has 0 aliphatic heterocycles. The van der Waals surface area contributed by atoms with E-state index in [9.17, 15) is 0 Å². The maximum atomic E-state index is 4.90. The van der Waals surface area contributed by atoms with Crippen LogP contribution in [0, 0.1) is 0 Å². The van der Waals surface area contributed by atoms with Crippen LogP contribution in [0.4, 0.5) is 0 Å². The van der Waals surface area contributed by atoms with Crippen LogP contribution in [0.15, 0.2) is 12.2 Å². The number of hydrogen-bond acceptors (Lipinski definition) is 1. The molecule has 7 heavy (non-hydrogen) atoms. The Balaban J connectivity index is 3.16. The lowest BCUT2D eigenvalue weighted by Gasteiger charge is -1.98. The van der Waals surface area contributed by atoms with Crippen LogP contribution in [0.3, 0.4) is 0 Å². The molecule has 1 unspecified atom stereocenters. The molecule has 0 saturated heterocycles. The Labute approximate surface area is 45.0 Å². The van der Waals surface area contributed by atoms with E-state index >= 15 is 0 Å². The Bertz CT molecular complexity index is 57.2. The van der Waals surface area contributed by atoms with E-state index in [4.69, 9.17) is 4.74 Å². The predicted molar refractivity (Wildman–Crippen MR) is 31.3 cm³/mol. The van der Waals surface area contributed by atoms with Gasteiger partial charge in [-0.2, -0.15) is 0 Å². The molecule has 0 heterocycles. The summed E-state index contributed by atoms with van der Waals surface area (Å²) in [5, 5.41) is 0. The molecule has 1 nitrogen and oxygen atoms in total. The quantitative estimate of drug-likeness (QED) is 0.479. The zero-order chi connectivity index (χ0) is 5.70. The number of rotatable bonds is 2. The topological polar surface area (TPSA) is 9.23 Å². The Morgan fingerprint density at radius 1 is 1.57 bits per heavy atom. The van der Waals surface area contributed by atoms with E-state index in [2.05, 4.69) is 0 Å². The van der Waals surface area contributed by atoms with Crippen LogP contribution in [-0.2, 0) is 4.74 Å². The average Bonchev–Trinajstić information content (AvgIpc) is 1.68. The molecule has 0 amide bonds. The van der Waals surface area contributed by atoms with Gasteiger partial charge in [-0.05, 0) is 13.8 Å². The van der Waals surface area contributed by atoms with Gasteiger partial charge in [-0.25, -0.2) is 0 Å². The Morgan fingerprint density at radius 3 is 2.29 bits per heavy atom. The van der Waals surface area contributed by atoms with Crippen LogP contribution in [-0.4, -0.2) is 13.2 Å². The summed E-state index contributed by atoms with van der Waals surface area (Å²) >= 11 is 0. The van der Waals surface area contributed by atoms with Gasteiger partial charge in [0.25, 0.3) is 0 Å². The molecular formula is C6H12O. The van der Waals surface area contributed by atoms with Gasteiger partial charge in [-0.3, -0.25) is 0 Å². The van der Waals surface area contributed by atoms with Crippen LogP contribution >= 0.6 is 0 Å². The monoisotopic (exact) mass is 100 g/mol. The molecule has 0 fully saturated rings. The van der Waals surface area contributed by atoms with Gasteiger partial charge in [-0.1, -0.05) is 12.2 Å². The van der Waals surface area contributed by atoms with Crippen molar-refractivity contribution in [1.82, 2.24) is 0 Å². The zero-order valence-corrected chi connectivity index (χ0v) is 5.14. The first kappa shape index (κ1) is 6.70. The number of methoxy groups -OCH3 is 1. The van der Waals surface area contributed by atoms with Crippen LogP contribution in [0.1, 0.15) is 13.8 Å². The number of hydrogen-bond donors (Lipinski definition) is 0. The highest BCUT2D eigenvalue weighted by atomic mass is 16.5. The van der Waals surface area contributed by atoms with Crippen LogP contribution in [0.25, 0.3) is 0 Å². The summed E-state index contributed by atoms with van der Waals surface area (Å²) in [4.78, 5) is 0. The lowest BCUT2D eigenvalue weighted by molar-refractivity contribution is 0.156. The first-order chi connectivity index (χ1) is 3.31. The van der Waals surface area contributed by atoms with Crippen molar-refractivity contribution in [2.24, 2.45) is 0 Å². The largest absolute Gasteiger partial charge is 0.378 e. The average molecular weight is 100 g/mol. The van der Waals surface area contributed by atoms with Gasteiger partial charge in [-0.15, -0.1) is 0 Å². The highest BCUT2D eigenvalue weighted by Crippen LogP contribution is 1.86. The minimum atomic E-state index is 0.269. The van der Waals surface area contributed by atoms with Gasteiger partial charge in [0.1, 0.15) is 0 Å². The second-order valence-corrected chi connectivity index (χ2v) is 1.47. The SMILES string of the molecule is C/C=C/C(C)OC. The van der Waals surface area contributed by atoms with Gasteiger partial charge in [0, 0.05) is 7.11 Å². The third-order valence-corrected chi connectivity index (χ3v) is 0.835. The van der Waals surface area contributed by atoms with Gasteiger partial charge in [0.2, 0.25) is 0 Å². The number of ether oxygens (including phenoxy) is 1. The van der Waals surface area contributed by atoms with Gasteiger partial charge >= 0.3 is 0 Å². The van der Waals surface area contributed by atoms with Crippen LogP contribution < -0.4 is 0 Å². The van der Waals surface area contributed by atoms with Crippen LogP contribution in [0.5, 0.6) is 0 Å². The summed E-state index contributed by atoms with van der Waals surface area (Å²) in [5.74, 6) is 0. The highest BCUT2D eigenvalue weighted by Gasteiger charge is 1.85. The van der Waals surface area contributed by atoms with Crippen molar-refractivity contribution in [1.29, 1.82) is 0 Å². The molecule has 0 aromatic heterocycles. The van der Waals surface area contributed by atoms with Crippen molar-refractivity contribution < 1.29 is 4.74 Å². The molecule has 0 spiro atoms. The minimum absolute atomic E-state index is 0.269. The van der Waals surface area contributed by atoms with Crippen molar-refractivity contribution in [2.75, 3.05) is 7.11 Å². The molecule has 0 radical (unpaired) electrons. The van der Waals surface area contributed by atoms with Gasteiger partial charge in [0.05, 0.1) is 6.10 Å². The third-order valence-electron chi connectivity index (χ3n) is 0.835. The van der Waals surface area contributed by atoms with E-state index in [1.807, 2.05) is 26.0 Å². The summed E-state index contributed by atoms with van der Waals surface area (Å²) in [6.45, 7) is 3.98. The van der Waals surface area contributed by atoms with E-state index in [0.29, 0.717) is 0 Å². The fourth-order valence-electron chi connectivity index (χ4n) is 0.350. The van der Waals surface area contributed by atoms with E-state index in [-0.39, 0.29) is 6.10 Å². The van der Waals surface area contributed by atoms with Crippen molar-refractivity contribution in [2.45, 2.75) is 20.0 Å². The second-order valence-electron chi connectivity index (χ2n) is 1.47. The highest BCUT2D eigenvalue weighted by molar-refractivity contribution is 4.82. The third kappa shape index (κ3) is 3.53. The van der Waals surface area contributed by atoms with E-state index in [1.165, 1.54) is 0 Å². The van der Waals surface area contributed by atoms with Crippen molar-refractivity contribution >= 4 is 0 Å². The molecule has 0 aliphatic rings. The molecule has 0 bridgehead atoms. The normalized spacial score (nSPS) is 15.3. The van der Waals surface area contributed by atoms with E-state index in [0.717, 1.165) is 0 Å². The van der Waals surface area contributed by atoms with Gasteiger partial charge < -0.3 is 4.74 Å². The van der Waals surface area contributed by atoms with Crippen molar-refractivity contribution in [3.8, 4) is 0 Å². The lowest BCUT2D eigenvalue weighted by Crippen LogP contribution is -1.97. The Morgan fingerprint density at radius 2 is 2.14 bits per heavy atom. The van der Waals surface area contributed by atoms with Crippen LogP contribution in [0.2, 0.25) is 0 Å². The molecule has 0 aromatic rings. The maximum absolute atomic E-state index is 4.90.